The summed E-state index contributed by atoms with van der Waals surface area (Å²) in [6.45, 7) is 1.35. The van der Waals surface area contributed by atoms with Crippen LogP contribution in [0.2, 0.25) is 0 Å². The molecule has 194 valence electrons. The summed E-state index contributed by atoms with van der Waals surface area (Å²) in [7, 11) is 0. The van der Waals surface area contributed by atoms with E-state index >= 15 is 0 Å². The zero-order valence-electron chi connectivity index (χ0n) is 21.1. The summed E-state index contributed by atoms with van der Waals surface area (Å²) < 4.78 is 0. The Morgan fingerprint density at radius 3 is 2.08 bits per heavy atom. The van der Waals surface area contributed by atoms with Crippen molar-refractivity contribution in [3.63, 3.8) is 0 Å². The van der Waals surface area contributed by atoms with Crippen LogP contribution in [0, 0.1) is 0 Å². The SMILES string of the molecule is CC(=O)ON=C(CCCSC1=CC=C(Cl)CC1)c1ccc(Sc2ccc(C(=O)c3ccccc3)cc2)cc1. The maximum Gasteiger partial charge on any atom is 0.331 e. The number of ketones is 1. The van der Waals surface area contributed by atoms with Crippen LogP contribution in [-0.2, 0) is 9.63 Å². The average molecular weight is 562 g/mol. The zero-order valence-corrected chi connectivity index (χ0v) is 23.5. The van der Waals surface area contributed by atoms with Crippen molar-refractivity contribution in [3.05, 3.63) is 118 Å². The topological polar surface area (TPSA) is 55.7 Å². The number of carbonyl (C=O) groups is 2. The van der Waals surface area contributed by atoms with E-state index in [9.17, 15) is 9.59 Å². The van der Waals surface area contributed by atoms with E-state index < -0.39 is 5.97 Å². The molecule has 0 N–H and O–H groups in total. The molecular weight excluding hydrogens is 534 g/mol. The van der Waals surface area contributed by atoms with Crippen molar-refractivity contribution in [1.82, 2.24) is 0 Å². The number of halogens is 1. The van der Waals surface area contributed by atoms with E-state index in [-0.39, 0.29) is 5.78 Å². The van der Waals surface area contributed by atoms with Crippen molar-refractivity contribution in [1.29, 1.82) is 0 Å². The maximum absolute atomic E-state index is 12.6. The van der Waals surface area contributed by atoms with E-state index in [2.05, 4.69) is 11.2 Å². The van der Waals surface area contributed by atoms with E-state index in [1.807, 2.05) is 96.7 Å². The summed E-state index contributed by atoms with van der Waals surface area (Å²) in [5.74, 6) is 0.531. The summed E-state index contributed by atoms with van der Waals surface area (Å²) in [4.78, 5) is 32.4. The van der Waals surface area contributed by atoms with Gasteiger partial charge in [-0.25, -0.2) is 4.79 Å². The molecule has 0 radical (unpaired) electrons. The van der Waals surface area contributed by atoms with Crippen molar-refractivity contribution in [2.45, 2.75) is 42.4 Å². The first-order valence-electron chi connectivity index (χ1n) is 12.4. The van der Waals surface area contributed by atoms with Gasteiger partial charge < -0.3 is 4.84 Å². The van der Waals surface area contributed by atoms with Gasteiger partial charge >= 0.3 is 5.97 Å². The van der Waals surface area contributed by atoms with Crippen LogP contribution >= 0.6 is 35.1 Å². The minimum absolute atomic E-state index is 0.0150. The fraction of sp³-hybridized carbons (Fsp3) is 0.194. The van der Waals surface area contributed by atoms with Crippen LogP contribution in [0.15, 0.2) is 116 Å². The molecule has 0 spiro atoms. The summed E-state index contributed by atoms with van der Waals surface area (Å²) >= 11 is 9.50. The summed E-state index contributed by atoms with van der Waals surface area (Å²) in [6, 6.07) is 25.0. The number of thioether (sulfide) groups is 1. The van der Waals surface area contributed by atoms with Gasteiger partial charge in [-0.3, -0.25) is 4.79 Å². The lowest BCUT2D eigenvalue weighted by molar-refractivity contribution is -0.140. The Morgan fingerprint density at radius 1 is 0.842 bits per heavy atom. The molecule has 0 saturated carbocycles. The maximum atomic E-state index is 12.6. The molecule has 0 amide bonds. The van der Waals surface area contributed by atoms with Crippen molar-refractivity contribution in [3.8, 4) is 0 Å². The molecule has 0 unspecified atom stereocenters. The van der Waals surface area contributed by atoms with Gasteiger partial charge in [0.2, 0.25) is 0 Å². The Labute approximate surface area is 237 Å². The van der Waals surface area contributed by atoms with E-state index in [4.69, 9.17) is 16.4 Å². The third-order valence-electron chi connectivity index (χ3n) is 5.77. The van der Waals surface area contributed by atoms with E-state index in [1.165, 1.54) is 11.8 Å². The summed E-state index contributed by atoms with van der Waals surface area (Å²) in [5.41, 5.74) is 3.03. The number of carbonyl (C=O) groups excluding carboxylic acids is 2. The fourth-order valence-electron chi connectivity index (χ4n) is 3.80. The van der Waals surface area contributed by atoms with Gasteiger partial charge in [-0.2, -0.15) is 0 Å². The van der Waals surface area contributed by atoms with Crippen LogP contribution in [0.25, 0.3) is 0 Å². The van der Waals surface area contributed by atoms with Crippen molar-refractivity contribution < 1.29 is 14.4 Å². The minimum Gasteiger partial charge on any atom is -0.318 e. The van der Waals surface area contributed by atoms with Gasteiger partial charge in [0.15, 0.2) is 5.78 Å². The number of oxime groups is 1. The van der Waals surface area contributed by atoms with Crippen LogP contribution < -0.4 is 0 Å². The average Bonchev–Trinajstić information content (AvgIpc) is 2.94. The smallest absolute Gasteiger partial charge is 0.318 e. The predicted molar refractivity (Wildman–Crippen MR) is 158 cm³/mol. The fourth-order valence-corrected chi connectivity index (χ4v) is 5.74. The monoisotopic (exact) mass is 561 g/mol. The molecule has 1 aliphatic carbocycles. The molecule has 0 heterocycles. The Kier molecular flexibility index (Phi) is 10.4. The van der Waals surface area contributed by atoms with Gasteiger partial charge in [-0.05, 0) is 84.4 Å². The molecule has 3 aromatic carbocycles. The van der Waals surface area contributed by atoms with Crippen LogP contribution in [0.5, 0.6) is 0 Å². The highest BCUT2D eigenvalue weighted by Gasteiger charge is 2.11. The molecule has 0 atom stereocenters. The molecule has 38 heavy (non-hydrogen) atoms. The lowest BCUT2D eigenvalue weighted by Crippen LogP contribution is -2.05. The lowest BCUT2D eigenvalue weighted by Gasteiger charge is -2.11. The zero-order chi connectivity index (χ0) is 26.7. The van der Waals surface area contributed by atoms with Gasteiger partial charge in [-0.15, -0.1) is 11.8 Å². The van der Waals surface area contributed by atoms with Gasteiger partial charge in [0.1, 0.15) is 0 Å². The molecule has 0 aromatic heterocycles. The van der Waals surface area contributed by atoms with Gasteiger partial charge in [0.25, 0.3) is 0 Å². The Hall–Kier alpha value is -3.06. The number of nitrogens with zero attached hydrogens (tertiary/aromatic N) is 1. The molecule has 1 aliphatic rings. The van der Waals surface area contributed by atoms with E-state index in [0.29, 0.717) is 17.5 Å². The quantitative estimate of drug-likeness (QED) is 0.0770. The first-order chi connectivity index (χ1) is 18.5. The number of rotatable bonds is 11. The predicted octanol–water partition coefficient (Wildman–Crippen LogP) is 8.65. The highest BCUT2D eigenvalue weighted by Crippen LogP contribution is 2.30. The molecule has 4 nitrogen and oxygen atoms in total. The highest BCUT2D eigenvalue weighted by atomic mass is 35.5. The molecular formula is C31H28ClNO3S2. The Morgan fingerprint density at radius 2 is 1.47 bits per heavy atom. The number of allylic oxidation sites excluding steroid dienone is 4. The standard InChI is InChI=1S/C31H28ClNO3S2/c1-22(34)36-33-30(8-5-21-37-27-19-13-26(32)14-20-27)23-9-15-28(16-10-23)38-29-17-11-25(12-18-29)31(35)24-6-3-2-4-7-24/h2-4,6-7,9-13,15-19H,5,8,14,20-21H2,1H3. The second-order valence-corrected chi connectivity index (χ2v) is 11.5. The number of hydrogen-bond donors (Lipinski definition) is 0. The second-order valence-electron chi connectivity index (χ2n) is 8.67. The van der Waals surface area contributed by atoms with Crippen LogP contribution in [-0.4, -0.2) is 23.2 Å². The molecule has 0 fully saturated rings. The normalized spacial score (nSPS) is 13.5. The molecule has 0 saturated heterocycles. The molecule has 3 aromatic rings. The summed E-state index contributed by atoms with van der Waals surface area (Å²) in [6.07, 6.45) is 7.56. The highest BCUT2D eigenvalue weighted by molar-refractivity contribution is 8.03. The van der Waals surface area contributed by atoms with Crippen molar-refractivity contribution in [2.24, 2.45) is 5.16 Å². The third-order valence-corrected chi connectivity index (χ3v) is 8.30. The third kappa shape index (κ3) is 8.48. The van der Waals surface area contributed by atoms with E-state index in [0.717, 1.165) is 51.1 Å². The number of benzene rings is 3. The van der Waals surface area contributed by atoms with E-state index in [1.54, 1.807) is 11.8 Å². The number of hydrogen-bond acceptors (Lipinski definition) is 6. The minimum atomic E-state index is -0.436. The van der Waals surface area contributed by atoms with Crippen molar-refractivity contribution in [2.75, 3.05) is 5.75 Å². The van der Waals surface area contributed by atoms with Gasteiger partial charge in [-0.1, -0.05) is 77.1 Å². The summed E-state index contributed by atoms with van der Waals surface area (Å²) in [5, 5.41) is 5.03. The van der Waals surface area contributed by atoms with Crippen LogP contribution in [0.1, 0.15) is 54.1 Å². The lowest BCUT2D eigenvalue weighted by atomic mass is 10.0. The molecule has 0 aliphatic heterocycles. The molecule has 4 rings (SSSR count). The van der Waals surface area contributed by atoms with Gasteiger partial charge in [0.05, 0.1) is 5.71 Å². The molecule has 7 heteroatoms. The Bertz CT molecular complexity index is 1350. The first kappa shape index (κ1) is 28.0. The molecule has 0 bridgehead atoms. The Balaban J connectivity index is 1.35. The van der Waals surface area contributed by atoms with Crippen LogP contribution in [0.3, 0.4) is 0 Å². The second kappa shape index (κ2) is 14.2. The van der Waals surface area contributed by atoms with Crippen molar-refractivity contribution >= 4 is 52.6 Å². The largest absolute Gasteiger partial charge is 0.331 e. The first-order valence-corrected chi connectivity index (χ1v) is 14.6. The van der Waals surface area contributed by atoms with Crippen LogP contribution in [0.4, 0.5) is 0 Å². The van der Waals surface area contributed by atoms with Gasteiger partial charge in [0, 0.05) is 32.9 Å².